The van der Waals surface area contributed by atoms with E-state index in [-0.39, 0.29) is 11.9 Å². The van der Waals surface area contributed by atoms with Crippen molar-refractivity contribution in [1.82, 2.24) is 4.90 Å². The van der Waals surface area contributed by atoms with Gasteiger partial charge < -0.3 is 16.0 Å². The fourth-order valence-corrected chi connectivity index (χ4v) is 1.64. The normalized spacial score (nSPS) is 9.89. The Bertz CT molecular complexity index is 410. The number of amidine groups is 1. The third kappa shape index (κ3) is 4.08. The van der Waals surface area contributed by atoms with Gasteiger partial charge in [0.1, 0.15) is 0 Å². The Kier molecular flexibility index (Phi) is 5.17. The van der Waals surface area contributed by atoms with Crippen LogP contribution < -0.4 is 11.1 Å². The van der Waals surface area contributed by atoms with Gasteiger partial charge in [0.15, 0.2) is 0 Å². The topological polar surface area (TPSA) is 82.2 Å². The van der Waals surface area contributed by atoms with Crippen LogP contribution in [0.2, 0.25) is 0 Å². The zero-order valence-electron chi connectivity index (χ0n) is 10.9. The molecule has 0 aromatic heterocycles. The van der Waals surface area contributed by atoms with E-state index in [4.69, 9.17) is 11.1 Å². The molecule has 0 unspecified atom stereocenters. The van der Waals surface area contributed by atoms with Crippen LogP contribution in [0.1, 0.15) is 19.4 Å². The summed E-state index contributed by atoms with van der Waals surface area (Å²) >= 11 is 0. The van der Waals surface area contributed by atoms with E-state index in [2.05, 4.69) is 5.32 Å². The highest BCUT2D eigenvalue weighted by Crippen LogP contribution is 2.10. The first kappa shape index (κ1) is 14.0. The summed E-state index contributed by atoms with van der Waals surface area (Å²) in [5.41, 5.74) is 7.04. The molecule has 1 rings (SSSR count). The number of nitrogens with two attached hydrogens (primary N) is 1. The molecule has 0 aliphatic carbocycles. The molecule has 1 aromatic carbocycles. The van der Waals surface area contributed by atoms with Gasteiger partial charge in [-0.25, -0.2) is 4.79 Å². The van der Waals surface area contributed by atoms with Crippen molar-refractivity contribution in [1.29, 1.82) is 5.41 Å². The van der Waals surface area contributed by atoms with E-state index in [1.54, 1.807) is 4.90 Å². The maximum Gasteiger partial charge on any atom is 0.321 e. The van der Waals surface area contributed by atoms with Crippen LogP contribution >= 0.6 is 0 Å². The van der Waals surface area contributed by atoms with E-state index in [1.807, 2.05) is 38.1 Å². The van der Waals surface area contributed by atoms with Crippen molar-refractivity contribution in [2.45, 2.75) is 20.3 Å². The minimum atomic E-state index is -0.0979. The fraction of sp³-hybridized carbons (Fsp3) is 0.385. The minimum absolute atomic E-state index is 0.0979. The number of rotatable bonds is 5. The number of benzene rings is 1. The Morgan fingerprint density at radius 3 is 2.28 bits per heavy atom. The Morgan fingerprint density at radius 1 is 1.28 bits per heavy atom. The molecule has 2 amide bonds. The predicted octanol–water partition coefficient (Wildman–Crippen LogP) is 2.04. The molecule has 0 saturated heterocycles. The molecule has 0 aliphatic rings. The average molecular weight is 248 g/mol. The van der Waals surface area contributed by atoms with Crippen LogP contribution in [0.5, 0.6) is 0 Å². The molecule has 0 saturated carbocycles. The number of nitrogens with zero attached hydrogens (tertiary/aromatic N) is 1. The van der Waals surface area contributed by atoms with Crippen molar-refractivity contribution in [2.24, 2.45) is 5.73 Å². The van der Waals surface area contributed by atoms with Gasteiger partial charge in [-0.3, -0.25) is 5.41 Å². The summed E-state index contributed by atoms with van der Waals surface area (Å²) in [7, 11) is 0. The van der Waals surface area contributed by atoms with Crippen LogP contribution in [0.4, 0.5) is 10.5 Å². The molecule has 0 radical (unpaired) electrons. The number of urea groups is 1. The first-order valence-corrected chi connectivity index (χ1v) is 6.04. The Hall–Kier alpha value is -2.04. The third-order valence-corrected chi connectivity index (χ3v) is 2.65. The van der Waals surface area contributed by atoms with Gasteiger partial charge >= 0.3 is 6.03 Å². The molecule has 0 atom stereocenters. The second-order valence-electron chi connectivity index (χ2n) is 4.00. The SMILES string of the molecule is CCN(CC)C(=O)Nc1ccc(CC(=N)N)cc1. The molecular weight excluding hydrogens is 228 g/mol. The number of carbonyl (C=O) groups excluding carboxylic acids is 1. The van der Waals surface area contributed by atoms with Crippen LogP contribution in [-0.2, 0) is 6.42 Å². The van der Waals surface area contributed by atoms with Gasteiger partial charge in [0, 0.05) is 25.2 Å². The first-order chi connectivity index (χ1) is 8.56. The third-order valence-electron chi connectivity index (χ3n) is 2.65. The Labute approximate surface area is 107 Å². The van der Waals surface area contributed by atoms with Gasteiger partial charge in [0.05, 0.1) is 5.84 Å². The molecule has 5 nitrogen and oxygen atoms in total. The summed E-state index contributed by atoms with van der Waals surface area (Å²) in [6.45, 7) is 5.26. The summed E-state index contributed by atoms with van der Waals surface area (Å²) in [4.78, 5) is 13.5. The van der Waals surface area contributed by atoms with Crippen molar-refractivity contribution in [2.75, 3.05) is 18.4 Å². The molecule has 0 spiro atoms. The molecule has 5 heteroatoms. The zero-order valence-corrected chi connectivity index (χ0v) is 10.9. The quantitative estimate of drug-likeness (QED) is 0.550. The first-order valence-electron chi connectivity index (χ1n) is 6.04. The highest BCUT2D eigenvalue weighted by Gasteiger charge is 2.08. The zero-order chi connectivity index (χ0) is 13.5. The van der Waals surface area contributed by atoms with Gasteiger partial charge in [-0.15, -0.1) is 0 Å². The maximum atomic E-state index is 11.8. The summed E-state index contributed by atoms with van der Waals surface area (Å²) in [6, 6.07) is 7.26. The summed E-state index contributed by atoms with van der Waals surface area (Å²) in [5, 5.41) is 10.0. The second-order valence-corrected chi connectivity index (χ2v) is 4.00. The van der Waals surface area contributed by atoms with E-state index >= 15 is 0 Å². The lowest BCUT2D eigenvalue weighted by molar-refractivity contribution is 0.217. The van der Waals surface area contributed by atoms with Gasteiger partial charge in [-0.1, -0.05) is 12.1 Å². The smallest absolute Gasteiger partial charge is 0.321 e. The van der Waals surface area contributed by atoms with Crippen molar-refractivity contribution in [3.8, 4) is 0 Å². The number of hydrogen-bond donors (Lipinski definition) is 3. The molecular formula is C13H20N4O. The van der Waals surface area contributed by atoms with E-state index in [1.165, 1.54) is 0 Å². The lowest BCUT2D eigenvalue weighted by Gasteiger charge is -2.19. The van der Waals surface area contributed by atoms with Gasteiger partial charge in [-0.05, 0) is 31.5 Å². The Morgan fingerprint density at radius 2 is 1.83 bits per heavy atom. The van der Waals surface area contributed by atoms with Crippen LogP contribution in [-0.4, -0.2) is 29.9 Å². The standard InChI is InChI=1S/C13H20N4O/c1-3-17(4-2)13(18)16-11-7-5-10(6-8-11)9-12(14)15/h5-8H,3-4,9H2,1-2H3,(H3,14,15)(H,16,18). The molecule has 0 aliphatic heterocycles. The van der Waals surface area contributed by atoms with Crippen LogP contribution in [0.25, 0.3) is 0 Å². The number of nitrogens with one attached hydrogen (secondary N) is 2. The van der Waals surface area contributed by atoms with Crippen molar-refractivity contribution >= 4 is 17.6 Å². The maximum absolute atomic E-state index is 11.8. The van der Waals surface area contributed by atoms with E-state index in [0.717, 1.165) is 11.3 Å². The Balaban J connectivity index is 2.63. The van der Waals surface area contributed by atoms with Crippen molar-refractivity contribution in [3.05, 3.63) is 29.8 Å². The predicted molar refractivity (Wildman–Crippen MR) is 74.0 cm³/mol. The lowest BCUT2D eigenvalue weighted by Crippen LogP contribution is -2.34. The summed E-state index contributed by atoms with van der Waals surface area (Å²) < 4.78 is 0. The van der Waals surface area contributed by atoms with Gasteiger partial charge in [-0.2, -0.15) is 0 Å². The summed E-state index contributed by atoms with van der Waals surface area (Å²) in [5.74, 6) is 0.134. The molecule has 98 valence electrons. The summed E-state index contributed by atoms with van der Waals surface area (Å²) in [6.07, 6.45) is 0.435. The molecule has 0 heterocycles. The highest BCUT2D eigenvalue weighted by molar-refractivity contribution is 5.89. The van der Waals surface area contributed by atoms with E-state index in [9.17, 15) is 4.79 Å². The van der Waals surface area contributed by atoms with Crippen molar-refractivity contribution in [3.63, 3.8) is 0 Å². The van der Waals surface area contributed by atoms with Crippen LogP contribution in [0.3, 0.4) is 0 Å². The van der Waals surface area contributed by atoms with E-state index < -0.39 is 0 Å². The van der Waals surface area contributed by atoms with Crippen molar-refractivity contribution < 1.29 is 4.79 Å². The van der Waals surface area contributed by atoms with Gasteiger partial charge in [0.2, 0.25) is 0 Å². The molecule has 18 heavy (non-hydrogen) atoms. The molecule has 4 N–H and O–H groups in total. The fourth-order valence-electron chi connectivity index (χ4n) is 1.64. The highest BCUT2D eigenvalue weighted by atomic mass is 16.2. The second kappa shape index (κ2) is 6.64. The number of amides is 2. The number of anilines is 1. The van der Waals surface area contributed by atoms with Crippen LogP contribution in [0, 0.1) is 5.41 Å². The number of carbonyl (C=O) groups is 1. The molecule has 0 bridgehead atoms. The molecule has 0 fully saturated rings. The van der Waals surface area contributed by atoms with Gasteiger partial charge in [0.25, 0.3) is 0 Å². The number of hydrogen-bond acceptors (Lipinski definition) is 2. The van der Waals surface area contributed by atoms with Crippen LogP contribution in [0.15, 0.2) is 24.3 Å². The minimum Gasteiger partial charge on any atom is -0.387 e. The molecule has 1 aromatic rings. The monoisotopic (exact) mass is 248 g/mol. The lowest BCUT2D eigenvalue weighted by atomic mass is 10.1. The average Bonchev–Trinajstić information content (AvgIpc) is 2.32. The van der Waals surface area contributed by atoms with E-state index in [0.29, 0.717) is 19.5 Å². The largest absolute Gasteiger partial charge is 0.387 e.